The van der Waals surface area contributed by atoms with Crippen molar-refractivity contribution in [1.82, 2.24) is 14.4 Å². The van der Waals surface area contributed by atoms with Gasteiger partial charge in [0.15, 0.2) is 5.69 Å². The second-order valence-electron chi connectivity index (χ2n) is 2.83. The number of imidazole rings is 1. The van der Waals surface area contributed by atoms with Crippen molar-refractivity contribution in [2.45, 2.75) is 6.92 Å². The van der Waals surface area contributed by atoms with Gasteiger partial charge in [-0.15, -0.1) is 0 Å². The summed E-state index contributed by atoms with van der Waals surface area (Å²) >= 11 is 2.14. The number of fused-ring (bicyclic) bond motifs is 1. The minimum Gasteiger partial charge on any atom is -0.461 e. The zero-order valence-electron chi connectivity index (χ0n) is 7.98. The quantitative estimate of drug-likeness (QED) is 0.622. The molecule has 0 amide bonds. The van der Waals surface area contributed by atoms with Gasteiger partial charge in [0.2, 0.25) is 5.78 Å². The summed E-state index contributed by atoms with van der Waals surface area (Å²) in [5.74, 6) is 0.0801. The van der Waals surface area contributed by atoms with Crippen LogP contribution in [0, 0.1) is 3.57 Å². The first-order valence-corrected chi connectivity index (χ1v) is 5.46. The van der Waals surface area contributed by atoms with Gasteiger partial charge in [0.05, 0.1) is 6.61 Å². The van der Waals surface area contributed by atoms with Gasteiger partial charge in [-0.05, 0) is 29.5 Å². The van der Waals surface area contributed by atoms with Crippen molar-refractivity contribution in [3.8, 4) is 0 Å². The Hall–Kier alpha value is -1.18. The molecule has 15 heavy (non-hydrogen) atoms. The fraction of sp³-hybridized carbons (Fsp3) is 0.222. The van der Waals surface area contributed by atoms with Gasteiger partial charge in [0.1, 0.15) is 0 Å². The van der Waals surface area contributed by atoms with Gasteiger partial charge >= 0.3 is 5.97 Å². The lowest BCUT2D eigenvalue weighted by atomic mass is 10.5. The first kappa shape index (κ1) is 10.3. The SMILES string of the molecule is CCOC(=O)c1cn2cc(I)cnc2n1. The Morgan fingerprint density at radius 1 is 1.60 bits per heavy atom. The Bertz CT molecular complexity index is 509. The van der Waals surface area contributed by atoms with Gasteiger partial charge in [0.25, 0.3) is 0 Å². The van der Waals surface area contributed by atoms with Gasteiger partial charge in [-0.3, -0.25) is 4.40 Å². The van der Waals surface area contributed by atoms with Crippen LogP contribution in [0.25, 0.3) is 5.78 Å². The Morgan fingerprint density at radius 3 is 3.13 bits per heavy atom. The average Bonchev–Trinajstić information content (AvgIpc) is 2.60. The predicted molar refractivity (Wildman–Crippen MR) is 61.7 cm³/mol. The molecule has 0 radical (unpaired) electrons. The van der Waals surface area contributed by atoms with Crippen molar-refractivity contribution in [2.75, 3.05) is 6.61 Å². The van der Waals surface area contributed by atoms with Crippen LogP contribution in [0.3, 0.4) is 0 Å². The Balaban J connectivity index is 2.42. The molecular formula is C9H8IN3O2. The smallest absolute Gasteiger partial charge is 0.358 e. The van der Waals surface area contributed by atoms with Crippen LogP contribution in [-0.2, 0) is 4.74 Å². The predicted octanol–water partition coefficient (Wildman–Crippen LogP) is 1.51. The van der Waals surface area contributed by atoms with Crippen molar-refractivity contribution in [1.29, 1.82) is 0 Å². The zero-order valence-corrected chi connectivity index (χ0v) is 10.1. The number of hydrogen-bond donors (Lipinski definition) is 0. The number of aromatic nitrogens is 3. The Morgan fingerprint density at radius 2 is 2.40 bits per heavy atom. The molecule has 0 unspecified atom stereocenters. The molecule has 78 valence electrons. The van der Waals surface area contributed by atoms with Gasteiger partial charge in [-0.1, -0.05) is 0 Å². The molecule has 2 aromatic heterocycles. The van der Waals surface area contributed by atoms with Crippen molar-refractivity contribution in [2.24, 2.45) is 0 Å². The first-order valence-electron chi connectivity index (χ1n) is 4.38. The van der Waals surface area contributed by atoms with Crippen LogP contribution in [0.5, 0.6) is 0 Å². The maximum Gasteiger partial charge on any atom is 0.358 e. The van der Waals surface area contributed by atoms with Gasteiger partial charge < -0.3 is 4.74 Å². The number of esters is 1. The molecule has 6 heteroatoms. The summed E-state index contributed by atoms with van der Waals surface area (Å²) in [6.45, 7) is 2.10. The summed E-state index contributed by atoms with van der Waals surface area (Å²) in [4.78, 5) is 19.5. The number of hydrogen-bond acceptors (Lipinski definition) is 4. The number of carbonyl (C=O) groups excluding carboxylic acids is 1. The van der Waals surface area contributed by atoms with Gasteiger partial charge in [-0.25, -0.2) is 14.8 Å². The van der Waals surface area contributed by atoms with Crippen LogP contribution in [0.4, 0.5) is 0 Å². The lowest BCUT2D eigenvalue weighted by Crippen LogP contribution is -2.04. The lowest BCUT2D eigenvalue weighted by Gasteiger charge is -1.94. The first-order chi connectivity index (χ1) is 7.20. The molecule has 0 aliphatic carbocycles. The molecule has 0 saturated heterocycles. The number of carbonyl (C=O) groups is 1. The molecule has 0 saturated carbocycles. The molecule has 2 rings (SSSR count). The van der Waals surface area contributed by atoms with Crippen LogP contribution in [0.1, 0.15) is 17.4 Å². The Labute approximate surface area is 99.6 Å². The maximum absolute atomic E-state index is 11.4. The Kier molecular flexibility index (Phi) is 2.85. The molecular weight excluding hydrogens is 309 g/mol. The normalized spacial score (nSPS) is 10.5. The average molecular weight is 317 g/mol. The molecule has 5 nitrogen and oxygen atoms in total. The number of nitrogens with zero attached hydrogens (tertiary/aromatic N) is 3. The van der Waals surface area contributed by atoms with Crippen molar-refractivity contribution >= 4 is 34.3 Å². The fourth-order valence-corrected chi connectivity index (χ4v) is 1.60. The standard InChI is InChI=1S/C9H8IN3O2/c1-2-15-8(14)7-5-13-4-6(10)3-11-9(13)12-7/h3-5H,2H2,1H3. The number of rotatable bonds is 2. The molecule has 0 bridgehead atoms. The van der Waals surface area contributed by atoms with E-state index in [-0.39, 0.29) is 5.69 Å². The van der Waals surface area contributed by atoms with Crippen LogP contribution >= 0.6 is 22.6 Å². The molecule has 0 atom stereocenters. The van der Waals surface area contributed by atoms with E-state index in [1.807, 2.05) is 6.20 Å². The van der Waals surface area contributed by atoms with Gasteiger partial charge in [0, 0.05) is 22.2 Å². The van der Waals surface area contributed by atoms with E-state index >= 15 is 0 Å². The molecule has 0 fully saturated rings. The van der Waals surface area contributed by atoms with Crippen LogP contribution < -0.4 is 0 Å². The minimum absolute atomic E-state index is 0.284. The topological polar surface area (TPSA) is 56.5 Å². The minimum atomic E-state index is -0.419. The highest BCUT2D eigenvalue weighted by Crippen LogP contribution is 2.07. The largest absolute Gasteiger partial charge is 0.461 e. The molecule has 0 spiro atoms. The highest BCUT2D eigenvalue weighted by molar-refractivity contribution is 14.1. The lowest BCUT2D eigenvalue weighted by molar-refractivity contribution is 0.0520. The van der Waals surface area contributed by atoms with E-state index in [0.29, 0.717) is 12.4 Å². The molecule has 0 aliphatic heterocycles. The second kappa shape index (κ2) is 4.13. The highest BCUT2D eigenvalue weighted by Gasteiger charge is 2.11. The van der Waals surface area contributed by atoms with E-state index in [4.69, 9.17) is 4.74 Å². The van der Waals surface area contributed by atoms with E-state index in [1.165, 1.54) is 0 Å². The van der Waals surface area contributed by atoms with Crippen molar-refractivity contribution in [3.05, 3.63) is 27.9 Å². The van der Waals surface area contributed by atoms with Crippen molar-refractivity contribution in [3.63, 3.8) is 0 Å². The number of halogens is 1. The zero-order chi connectivity index (χ0) is 10.8. The van der Waals surface area contributed by atoms with Crippen molar-refractivity contribution < 1.29 is 9.53 Å². The maximum atomic E-state index is 11.4. The van der Waals surface area contributed by atoms with Crippen LogP contribution in [0.15, 0.2) is 18.6 Å². The summed E-state index contributed by atoms with van der Waals surface area (Å²) in [7, 11) is 0. The highest BCUT2D eigenvalue weighted by atomic mass is 127. The fourth-order valence-electron chi connectivity index (χ4n) is 1.16. The third-order valence-corrected chi connectivity index (χ3v) is 2.32. The summed E-state index contributed by atoms with van der Waals surface area (Å²) in [6, 6.07) is 0. The van der Waals surface area contributed by atoms with Crippen LogP contribution in [0.2, 0.25) is 0 Å². The van der Waals surface area contributed by atoms with E-state index < -0.39 is 5.97 Å². The summed E-state index contributed by atoms with van der Waals surface area (Å²) in [5.41, 5.74) is 0.284. The van der Waals surface area contributed by atoms with E-state index in [1.54, 1.807) is 23.7 Å². The second-order valence-corrected chi connectivity index (χ2v) is 4.07. The van der Waals surface area contributed by atoms with Gasteiger partial charge in [-0.2, -0.15) is 0 Å². The summed E-state index contributed by atoms with van der Waals surface area (Å²) in [5, 5.41) is 0. The van der Waals surface area contributed by atoms with E-state index in [0.717, 1.165) is 3.57 Å². The van der Waals surface area contributed by atoms with E-state index in [2.05, 4.69) is 32.6 Å². The van der Waals surface area contributed by atoms with E-state index in [9.17, 15) is 4.79 Å². The third kappa shape index (κ3) is 2.09. The molecule has 0 N–H and O–H groups in total. The summed E-state index contributed by atoms with van der Waals surface area (Å²) < 4.78 is 7.53. The molecule has 0 aliphatic rings. The molecule has 2 heterocycles. The molecule has 0 aromatic carbocycles. The summed E-state index contributed by atoms with van der Waals surface area (Å²) in [6.07, 6.45) is 5.15. The monoisotopic (exact) mass is 317 g/mol. The third-order valence-electron chi connectivity index (χ3n) is 1.76. The number of ether oxygens (including phenoxy) is 1. The molecule has 2 aromatic rings. The van der Waals surface area contributed by atoms with Crippen LogP contribution in [-0.4, -0.2) is 26.9 Å².